The number of amides is 1. The predicted octanol–water partition coefficient (Wildman–Crippen LogP) is 4.32. The van der Waals surface area contributed by atoms with E-state index in [0.717, 1.165) is 22.5 Å². The molecule has 0 bridgehead atoms. The second-order valence-electron chi connectivity index (χ2n) is 5.20. The maximum Gasteiger partial charge on any atom is 0.243 e. The first-order valence-electron chi connectivity index (χ1n) is 6.83. The van der Waals surface area contributed by atoms with Gasteiger partial charge in [-0.15, -0.1) is 0 Å². The average molecular weight is 303 g/mol. The molecule has 2 N–H and O–H groups in total. The Kier molecular flexibility index (Phi) is 4.86. The van der Waals surface area contributed by atoms with Crippen molar-refractivity contribution in [2.75, 3.05) is 17.2 Å². The molecule has 0 fully saturated rings. The van der Waals surface area contributed by atoms with Crippen molar-refractivity contribution in [2.24, 2.45) is 0 Å². The summed E-state index contributed by atoms with van der Waals surface area (Å²) in [5.74, 6) is -0.0985. The third-order valence-corrected chi connectivity index (χ3v) is 3.53. The van der Waals surface area contributed by atoms with Gasteiger partial charge in [0, 0.05) is 5.69 Å². The van der Waals surface area contributed by atoms with Gasteiger partial charge in [0.15, 0.2) is 0 Å². The van der Waals surface area contributed by atoms with E-state index in [2.05, 4.69) is 10.6 Å². The van der Waals surface area contributed by atoms with Crippen molar-refractivity contribution in [3.63, 3.8) is 0 Å². The number of halogens is 1. The Bertz CT molecular complexity index is 668. The van der Waals surface area contributed by atoms with Crippen molar-refractivity contribution in [1.82, 2.24) is 0 Å². The van der Waals surface area contributed by atoms with E-state index in [1.807, 2.05) is 57.2 Å². The lowest BCUT2D eigenvalue weighted by molar-refractivity contribution is -0.114. The maximum atomic E-state index is 12.0. The molecule has 0 aromatic heterocycles. The summed E-state index contributed by atoms with van der Waals surface area (Å²) < 4.78 is 0. The molecule has 2 rings (SSSR count). The minimum absolute atomic E-state index is 0.0985. The highest BCUT2D eigenvalue weighted by atomic mass is 35.5. The Hall–Kier alpha value is -2.00. The first kappa shape index (κ1) is 15.4. The molecule has 0 spiro atoms. The number of hydrogen-bond donors (Lipinski definition) is 2. The van der Waals surface area contributed by atoms with E-state index in [9.17, 15) is 4.79 Å². The number of aryl methyl sites for hydroxylation is 3. The Morgan fingerprint density at radius 2 is 1.62 bits per heavy atom. The van der Waals surface area contributed by atoms with Crippen LogP contribution in [0.25, 0.3) is 0 Å². The van der Waals surface area contributed by atoms with Crippen molar-refractivity contribution in [1.29, 1.82) is 0 Å². The highest BCUT2D eigenvalue weighted by Crippen LogP contribution is 2.22. The predicted molar refractivity (Wildman–Crippen MR) is 89.2 cm³/mol. The van der Waals surface area contributed by atoms with Crippen LogP contribution < -0.4 is 10.6 Å². The molecule has 0 aliphatic carbocycles. The summed E-state index contributed by atoms with van der Waals surface area (Å²) in [6.45, 7) is 6.16. The fourth-order valence-corrected chi connectivity index (χ4v) is 2.39. The first-order valence-corrected chi connectivity index (χ1v) is 7.20. The lowest BCUT2D eigenvalue weighted by atomic mass is 10.1. The molecule has 2 aromatic rings. The molecule has 0 aliphatic rings. The van der Waals surface area contributed by atoms with Crippen LogP contribution in [0.2, 0.25) is 5.02 Å². The van der Waals surface area contributed by atoms with E-state index in [0.29, 0.717) is 5.02 Å². The van der Waals surface area contributed by atoms with E-state index in [1.54, 1.807) is 0 Å². The van der Waals surface area contributed by atoms with Gasteiger partial charge in [0.2, 0.25) is 5.91 Å². The van der Waals surface area contributed by atoms with Gasteiger partial charge in [-0.25, -0.2) is 0 Å². The molecule has 0 heterocycles. The lowest BCUT2D eigenvalue weighted by Gasteiger charge is -2.11. The highest BCUT2D eigenvalue weighted by molar-refractivity contribution is 6.33. The molecule has 2 aromatic carbocycles. The number of hydrogen-bond acceptors (Lipinski definition) is 2. The van der Waals surface area contributed by atoms with Crippen LogP contribution in [-0.2, 0) is 4.79 Å². The van der Waals surface area contributed by atoms with Crippen molar-refractivity contribution >= 4 is 28.9 Å². The minimum Gasteiger partial charge on any atom is -0.375 e. The molecule has 0 saturated carbocycles. The zero-order valence-electron chi connectivity index (χ0n) is 12.5. The molecule has 0 saturated heterocycles. The zero-order valence-corrected chi connectivity index (χ0v) is 13.2. The van der Waals surface area contributed by atoms with Crippen molar-refractivity contribution in [3.8, 4) is 0 Å². The van der Waals surface area contributed by atoms with Gasteiger partial charge in [-0.2, -0.15) is 0 Å². The molecular formula is C17H19ClN2O. The van der Waals surface area contributed by atoms with Crippen LogP contribution in [0.15, 0.2) is 36.4 Å². The minimum atomic E-state index is -0.0985. The monoisotopic (exact) mass is 302 g/mol. The Morgan fingerprint density at radius 3 is 2.24 bits per heavy atom. The molecule has 4 heteroatoms. The smallest absolute Gasteiger partial charge is 0.243 e. The van der Waals surface area contributed by atoms with Crippen LogP contribution >= 0.6 is 11.6 Å². The van der Waals surface area contributed by atoms with Gasteiger partial charge in [0.05, 0.1) is 17.3 Å². The Balaban J connectivity index is 1.96. The van der Waals surface area contributed by atoms with E-state index in [4.69, 9.17) is 11.6 Å². The van der Waals surface area contributed by atoms with Crippen molar-refractivity contribution in [2.45, 2.75) is 20.8 Å². The third kappa shape index (κ3) is 4.23. The fraction of sp³-hybridized carbons (Fsp3) is 0.235. The average Bonchev–Trinajstić information content (AvgIpc) is 2.41. The summed E-state index contributed by atoms with van der Waals surface area (Å²) in [7, 11) is 0. The van der Waals surface area contributed by atoms with Crippen LogP contribution in [-0.4, -0.2) is 12.5 Å². The lowest BCUT2D eigenvalue weighted by Crippen LogP contribution is -2.22. The van der Waals surface area contributed by atoms with Crippen LogP contribution in [0.5, 0.6) is 0 Å². The Morgan fingerprint density at radius 1 is 1.00 bits per heavy atom. The quantitative estimate of drug-likeness (QED) is 0.883. The van der Waals surface area contributed by atoms with Crippen molar-refractivity contribution < 1.29 is 4.79 Å². The molecule has 21 heavy (non-hydrogen) atoms. The molecule has 0 radical (unpaired) electrons. The SMILES string of the molecule is Cc1ccc(NC(=O)CNc2ccc(C)cc2Cl)c(C)c1. The number of benzene rings is 2. The van der Waals surface area contributed by atoms with Gasteiger partial charge in [0.1, 0.15) is 0 Å². The topological polar surface area (TPSA) is 41.1 Å². The summed E-state index contributed by atoms with van der Waals surface area (Å²) in [6, 6.07) is 11.6. The number of carbonyl (C=O) groups excluding carboxylic acids is 1. The molecule has 0 atom stereocenters. The molecule has 3 nitrogen and oxygen atoms in total. The van der Waals surface area contributed by atoms with E-state index in [-0.39, 0.29) is 12.5 Å². The first-order chi connectivity index (χ1) is 9.95. The van der Waals surface area contributed by atoms with Gasteiger partial charge in [0.25, 0.3) is 0 Å². The van der Waals surface area contributed by atoms with E-state index >= 15 is 0 Å². The molecule has 110 valence electrons. The fourth-order valence-electron chi connectivity index (χ4n) is 2.09. The van der Waals surface area contributed by atoms with Gasteiger partial charge in [-0.05, 0) is 50.1 Å². The molecule has 0 unspecified atom stereocenters. The molecule has 0 aliphatic heterocycles. The number of rotatable bonds is 4. The van der Waals surface area contributed by atoms with Crippen LogP contribution in [0.1, 0.15) is 16.7 Å². The highest BCUT2D eigenvalue weighted by Gasteiger charge is 2.06. The number of anilines is 2. The summed E-state index contributed by atoms with van der Waals surface area (Å²) in [5, 5.41) is 6.56. The normalized spacial score (nSPS) is 10.3. The van der Waals surface area contributed by atoms with Gasteiger partial charge >= 0.3 is 0 Å². The molecule has 1 amide bonds. The number of nitrogens with one attached hydrogen (secondary N) is 2. The van der Waals surface area contributed by atoms with E-state index in [1.165, 1.54) is 5.56 Å². The summed E-state index contributed by atoms with van der Waals surface area (Å²) >= 11 is 6.12. The Labute approximate surface area is 130 Å². The maximum absolute atomic E-state index is 12.0. The van der Waals surface area contributed by atoms with Crippen LogP contribution in [0.4, 0.5) is 11.4 Å². The second kappa shape index (κ2) is 6.64. The molecular weight excluding hydrogens is 284 g/mol. The zero-order chi connectivity index (χ0) is 15.4. The van der Waals surface area contributed by atoms with E-state index < -0.39 is 0 Å². The third-order valence-electron chi connectivity index (χ3n) is 3.22. The van der Waals surface area contributed by atoms with Gasteiger partial charge in [-0.1, -0.05) is 35.4 Å². The number of carbonyl (C=O) groups is 1. The summed E-state index contributed by atoms with van der Waals surface area (Å²) in [4.78, 5) is 12.0. The van der Waals surface area contributed by atoms with Crippen molar-refractivity contribution in [3.05, 3.63) is 58.1 Å². The van der Waals surface area contributed by atoms with Gasteiger partial charge < -0.3 is 10.6 Å². The van der Waals surface area contributed by atoms with Crippen LogP contribution in [0, 0.1) is 20.8 Å². The standard InChI is InChI=1S/C17H19ClN2O/c1-11-4-6-15(13(3)8-11)20-17(21)10-19-16-7-5-12(2)9-14(16)18/h4-9,19H,10H2,1-3H3,(H,20,21). The summed E-state index contributed by atoms with van der Waals surface area (Å²) in [6.07, 6.45) is 0. The largest absolute Gasteiger partial charge is 0.375 e. The second-order valence-corrected chi connectivity index (χ2v) is 5.61. The summed E-state index contributed by atoms with van der Waals surface area (Å²) in [5.41, 5.74) is 4.91. The van der Waals surface area contributed by atoms with Crippen LogP contribution in [0.3, 0.4) is 0 Å². The van der Waals surface area contributed by atoms with Gasteiger partial charge in [-0.3, -0.25) is 4.79 Å².